The number of ketones is 1. The fourth-order valence-corrected chi connectivity index (χ4v) is 3.54. The molecule has 0 fully saturated rings. The molecule has 2 aromatic heterocycles. The van der Waals surface area contributed by atoms with Crippen LogP contribution in [0.4, 0.5) is 9.59 Å². The maximum Gasteiger partial charge on any atom is 0.410 e. The summed E-state index contributed by atoms with van der Waals surface area (Å²) < 4.78 is 20.3. The zero-order chi connectivity index (χ0) is 23.1. The molecule has 0 radical (unpaired) electrons. The molecule has 174 valence electrons. The van der Waals surface area contributed by atoms with Crippen molar-refractivity contribution in [3.05, 3.63) is 47.3 Å². The average molecular weight is 448 g/mol. The van der Waals surface area contributed by atoms with Crippen molar-refractivity contribution in [1.29, 1.82) is 0 Å². The van der Waals surface area contributed by atoms with Crippen molar-refractivity contribution < 1.29 is 37.8 Å². The summed E-state index contributed by atoms with van der Waals surface area (Å²) in [6.07, 6.45) is 2.49. The van der Waals surface area contributed by atoms with Crippen LogP contribution in [0.2, 0.25) is 0 Å². The van der Waals surface area contributed by atoms with Gasteiger partial charge in [-0.1, -0.05) is 0 Å². The second-order valence-corrected chi connectivity index (χ2v) is 7.28. The first kappa shape index (κ1) is 23.4. The molecule has 2 amide bonds. The molecule has 2 aromatic rings. The number of aliphatic hydroxyl groups is 1. The Morgan fingerprint density at radius 3 is 2.28 bits per heavy atom. The molecule has 32 heavy (non-hydrogen) atoms. The van der Waals surface area contributed by atoms with Gasteiger partial charge in [-0.3, -0.25) is 4.79 Å². The number of furan rings is 2. The van der Waals surface area contributed by atoms with Gasteiger partial charge in [0.2, 0.25) is 0 Å². The third-order valence-electron chi connectivity index (χ3n) is 5.19. The second-order valence-electron chi connectivity index (χ2n) is 7.28. The fourth-order valence-electron chi connectivity index (χ4n) is 3.54. The van der Waals surface area contributed by atoms with E-state index in [1.54, 1.807) is 30.9 Å². The molecule has 2 aliphatic rings. The Labute approximate surface area is 185 Å². The highest BCUT2D eigenvalue weighted by molar-refractivity contribution is 5.97. The Morgan fingerprint density at radius 2 is 1.59 bits per heavy atom. The van der Waals surface area contributed by atoms with Crippen LogP contribution in [-0.4, -0.2) is 59.2 Å². The third-order valence-corrected chi connectivity index (χ3v) is 5.19. The van der Waals surface area contributed by atoms with Gasteiger partial charge in [0.15, 0.2) is 5.78 Å². The smallest absolute Gasteiger partial charge is 0.410 e. The minimum Gasteiger partial charge on any atom is -0.467 e. The number of ether oxygens (including phenoxy) is 2. The molecule has 4 rings (SSSR count). The molecule has 10 heteroatoms. The summed E-state index contributed by atoms with van der Waals surface area (Å²) in [5.74, 6) is 1.18. The summed E-state index contributed by atoms with van der Waals surface area (Å²) in [4.78, 5) is 37.8. The zero-order valence-electron chi connectivity index (χ0n) is 18.2. The number of hydrogen-bond donors (Lipinski definition) is 1. The van der Waals surface area contributed by atoms with Gasteiger partial charge in [-0.05, 0) is 32.4 Å². The molecule has 1 atom stereocenters. The van der Waals surface area contributed by atoms with Crippen molar-refractivity contribution in [2.45, 2.75) is 45.9 Å². The number of carbonyl (C=O) groups is 3. The standard InChI is InChI=1S/C11H15NO4.C11H13NO4/c2*1-2-15-11(14)12-5-3-9(13)8-4-6-16-10(8)7-12/h4,6,9,13H,2-3,5,7H2,1H3;4,6H,2-3,5,7H2,1H3. The van der Waals surface area contributed by atoms with E-state index >= 15 is 0 Å². The van der Waals surface area contributed by atoms with E-state index in [9.17, 15) is 19.5 Å². The number of carbonyl (C=O) groups excluding carboxylic acids is 3. The van der Waals surface area contributed by atoms with Gasteiger partial charge in [0, 0.05) is 25.1 Å². The lowest BCUT2D eigenvalue weighted by molar-refractivity contribution is 0.0930. The van der Waals surface area contributed by atoms with Gasteiger partial charge in [-0.25, -0.2) is 9.59 Å². The highest BCUT2D eigenvalue weighted by Gasteiger charge is 2.27. The summed E-state index contributed by atoms with van der Waals surface area (Å²) in [5, 5.41) is 9.82. The Kier molecular flexibility index (Phi) is 7.93. The molecule has 2 aliphatic heterocycles. The average Bonchev–Trinajstić information content (AvgIpc) is 3.37. The van der Waals surface area contributed by atoms with E-state index in [0.29, 0.717) is 69.3 Å². The van der Waals surface area contributed by atoms with Crippen molar-refractivity contribution in [3.8, 4) is 0 Å². The topological polar surface area (TPSA) is 123 Å². The maximum atomic E-state index is 11.7. The first-order chi connectivity index (χ1) is 15.4. The lowest BCUT2D eigenvalue weighted by atomic mass is 10.1. The van der Waals surface area contributed by atoms with E-state index in [0.717, 1.165) is 5.56 Å². The Balaban J connectivity index is 0.000000181. The van der Waals surface area contributed by atoms with Crippen LogP contribution in [0, 0.1) is 0 Å². The van der Waals surface area contributed by atoms with Gasteiger partial charge in [0.25, 0.3) is 0 Å². The molecule has 10 nitrogen and oxygen atoms in total. The highest BCUT2D eigenvalue weighted by atomic mass is 16.6. The first-order valence-corrected chi connectivity index (χ1v) is 10.6. The zero-order valence-corrected chi connectivity index (χ0v) is 18.2. The number of fused-ring (bicyclic) bond motifs is 2. The predicted octanol–water partition coefficient (Wildman–Crippen LogP) is 3.50. The predicted molar refractivity (Wildman–Crippen MR) is 111 cm³/mol. The van der Waals surface area contributed by atoms with Crippen molar-refractivity contribution >= 4 is 18.0 Å². The molecule has 1 N–H and O–H groups in total. The molecule has 4 heterocycles. The molecule has 0 saturated heterocycles. The number of Topliss-reactive ketones (excluding diaryl/α,β-unsaturated/α-hetero) is 1. The quantitative estimate of drug-likeness (QED) is 0.741. The van der Waals surface area contributed by atoms with E-state index in [1.165, 1.54) is 17.4 Å². The van der Waals surface area contributed by atoms with E-state index < -0.39 is 12.2 Å². The molecule has 0 spiro atoms. The van der Waals surface area contributed by atoms with E-state index in [-0.39, 0.29) is 11.9 Å². The molecule has 0 bridgehead atoms. The molecule has 0 aromatic carbocycles. The summed E-state index contributed by atoms with van der Waals surface area (Å²) in [6.45, 7) is 5.70. The SMILES string of the molecule is CCOC(=O)N1CCC(=O)c2ccoc2C1.CCOC(=O)N1CCC(O)c2ccoc2C1. The largest absolute Gasteiger partial charge is 0.467 e. The third kappa shape index (κ3) is 5.50. The van der Waals surface area contributed by atoms with Gasteiger partial charge in [-0.2, -0.15) is 0 Å². The van der Waals surface area contributed by atoms with Crippen molar-refractivity contribution in [1.82, 2.24) is 9.80 Å². The Hall–Kier alpha value is -3.27. The lowest BCUT2D eigenvalue weighted by Crippen LogP contribution is -2.31. The van der Waals surface area contributed by atoms with Gasteiger partial charge in [0.1, 0.15) is 11.5 Å². The van der Waals surface area contributed by atoms with Gasteiger partial charge >= 0.3 is 12.2 Å². The number of rotatable bonds is 2. The van der Waals surface area contributed by atoms with Crippen LogP contribution in [0.25, 0.3) is 0 Å². The summed E-state index contributed by atoms with van der Waals surface area (Å²) >= 11 is 0. The summed E-state index contributed by atoms with van der Waals surface area (Å²) in [6, 6.07) is 3.39. The number of amides is 2. The van der Waals surface area contributed by atoms with Crippen LogP contribution in [0.5, 0.6) is 0 Å². The van der Waals surface area contributed by atoms with Crippen LogP contribution in [0.3, 0.4) is 0 Å². The van der Waals surface area contributed by atoms with Gasteiger partial charge in [0.05, 0.1) is 50.5 Å². The van der Waals surface area contributed by atoms with Crippen LogP contribution in [-0.2, 0) is 22.6 Å². The normalized spacial score (nSPS) is 17.8. The first-order valence-electron chi connectivity index (χ1n) is 10.6. The number of hydrogen-bond acceptors (Lipinski definition) is 8. The lowest BCUT2D eigenvalue weighted by Gasteiger charge is -2.18. The summed E-state index contributed by atoms with van der Waals surface area (Å²) in [5.41, 5.74) is 1.35. The van der Waals surface area contributed by atoms with Gasteiger partial charge in [-0.15, -0.1) is 0 Å². The Bertz CT molecular complexity index is 934. The second kappa shape index (κ2) is 10.9. The van der Waals surface area contributed by atoms with Crippen LogP contribution in [0.15, 0.2) is 33.5 Å². The maximum absolute atomic E-state index is 11.7. The molecular formula is C22H28N2O8. The highest BCUT2D eigenvalue weighted by Crippen LogP contribution is 2.27. The fraction of sp³-hybridized carbons (Fsp3) is 0.500. The van der Waals surface area contributed by atoms with Gasteiger partial charge < -0.3 is 33.2 Å². The van der Waals surface area contributed by atoms with Crippen LogP contribution >= 0.6 is 0 Å². The van der Waals surface area contributed by atoms with Crippen molar-refractivity contribution in [2.75, 3.05) is 26.3 Å². The van der Waals surface area contributed by atoms with E-state index in [2.05, 4.69) is 0 Å². The van der Waals surface area contributed by atoms with E-state index in [4.69, 9.17) is 18.3 Å². The number of aliphatic hydroxyl groups excluding tert-OH is 1. The number of nitrogens with zero attached hydrogens (tertiary/aromatic N) is 2. The van der Waals surface area contributed by atoms with Crippen molar-refractivity contribution in [3.63, 3.8) is 0 Å². The Morgan fingerprint density at radius 1 is 1.00 bits per heavy atom. The summed E-state index contributed by atoms with van der Waals surface area (Å²) in [7, 11) is 0. The molecule has 0 saturated carbocycles. The molecular weight excluding hydrogens is 420 g/mol. The molecule has 1 unspecified atom stereocenters. The van der Waals surface area contributed by atoms with Crippen LogP contribution in [0.1, 0.15) is 60.2 Å². The van der Waals surface area contributed by atoms with E-state index in [1.807, 2.05) is 0 Å². The van der Waals surface area contributed by atoms with Crippen molar-refractivity contribution in [2.24, 2.45) is 0 Å². The minimum atomic E-state index is -0.562. The van der Waals surface area contributed by atoms with Crippen LogP contribution < -0.4 is 0 Å². The molecule has 0 aliphatic carbocycles. The minimum absolute atomic E-state index is 0.00977. The monoisotopic (exact) mass is 448 g/mol.